The number of hydrogen-bond donors (Lipinski definition) is 0. The molecule has 1 aliphatic heterocycles. The largest absolute Gasteiger partial charge is 0.496 e. The van der Waals surface area contributed by atoms with Crippen molar-refractivity contribution in [2.45, 2.75) is 13.3 Å². The number of methoxy groups -OCH3 is 1. The fraction of sp³-hybridized carbons (Fsp3) is 0.385. The van der Waals surface area contributed by atoms with Crippen LogP contribution in [0.15, 0.2) is 24.3 Å². The van der Waals surface area contributed by atoms with Crippen molar-refractivity contribution in [3.05, 3.63) is 35.4 Å². The maximum absolute atomic E-state index is 5.40. The van der Waals surface area contributed by atoms with E-state index in [1.807, 2.05) is 0 Å². The van der Waals surface area contributed by atoms with Crippen LogP contribution in [-0.4, -0.2) is 20.3 Å². The Morgan fingerprint density at radius 1 is 1.33 bits per heavy atom. The average Bonchev–Trinajstić information content (AvgIpc) is 2.30. The van der Waals surface area contributed by atoms with Crippen molar-refractivity contribution in [1.82, 2.24) is 0 Å². The summed E-state index contributed by atoms with van der Waals surface area (Å²) in [5, 5.41) is 0. The minimum Gasteiger partial charge on any atom is -0.496 e. The second-order valence-electron chi connectivity index (χ2n) is 3.76. The van der Waals surface area contributed by atoms with Gasteiger partial charge in [0, 0.05) is 5.56 Å². The molecule has 2 rings (SSSR count). The first-order chi connectivity index (χ1) is 7.31. The van der Waals surface area contributed by atoms with E-state index in [1.165, 1.54) is 16.7 Å². The molecule has 0 amide bonds. The first kappa shape index (κ1) is 10.2. The van der Waals surface area contributed by atoms with Crippen molar-refractivity contribution >= 4 is 5.57 Å². The van der Waals surface area contributed by atoms with Gasteiger partial charge in [-0.3, -0.25) is 0 Å². The molecule has 0 saturated heterocycles. The predicted molar refractivity (Wildman–Crippen MR) is 61.1 cm³/mol. The van der Waals surface area contributed by atoms with Crippen LogP contribution in [-0.2, 0) is 4.74 Å². The van der Waals surface area contributed by atoms with Crippen LogP contribution < -0.4 is 4.74 Å². The Balaban J connectivity index is 2.38. The molecule has 0 atom stereocenters. The van der Waals surface area contributed by atoms with E-state index >= 15 is 0 Å². The lowest BCUT2D eigenvalue weighted by Crippen LogP contribution is -2.04. The third-order valence-electron chi connectivity index (χ3n) is 2.67. The summed E-state index contributed by atoms with van der Waals surface area (Å²) in [6, 6.07) is 6.32. The molecule has 0 unspecified atom stereocenters. The SMILES string of the molecule is COc1cc(C)ccc1C1=CCOCC1. The van der Waals surface area contributed by atoms with Crippen LogP contribution >= 0.6 is 0 Å². The molecule has 0 radical (unpaired) electrons. The van der Waals surface area contributed by atoms with Crippen LogP contribution in [0.25, 0.3) is 5.57 Å². The highest BCUT2D eigenvalue weighted by molar-refractivity contribution is 5.71. The third-order valence-corrected chi connectivity index (χ3v) is 2.67. The second kappa shape index (κ2) is 4.49. The van der Waals surface area contributed by atoms with Crippen LogP contribution in [0.5, 0.6) is 5.75 Å². The van der Waals surface area contributed by atoms with E-state index in [1.54, 1.807) is 7.11 Å². The minimum atomic E-state index is 0.715. The summed E-state index contributed by atoms with van der Waals surface area (Å²) in [5.74, 6) is 0.961. The molecule has 15 heavy (non-hydrogen) atoms. The van der Waals surface area contributed by atoms with Gasteiger partial charge in [0.05, 0.1) is 20.3 Å². The molecule has 2 heteroatoms. The third kappa shape index (κ3) is 2.21. The van der Waals surface area contributed by atoms with Gasteiger partial charge in [-0.05, 0) is 30.5 Å². The van der Waals surface area contributed by atoms with Gasteiger partial charge in [-0.1, -0.05) is 18.2 Å². The van der Waals surface area contributed by atoms with E-state index in [0.717, 1.165) is 18.8 Å². The van der Waals surface area contributed by atoms with Crippen molar-refractivity contribution in [1.29, 1.82) is 0 Å². The molecule has 2 nitrogen and oxygen atoms in total. The first-order valence-corrected chi connectivity index (χ1v) is 5.23. The Bertz CT molecular complexity index is 380. The fourth-order valence-corrected chi connectivity index (χ4v) is 1.84. The monoisotopic (exact) mass is 204 g/mol. The standard InChI is InChI=1S/C13H16O2/c1-10-3-4-12(13(9-10)14-2)11-5-7-15-8-6-11/h3-5,9H,6-8H2,1-2H3. The lowest BCUT2D eigenvalue weighted by molar-refractivity contribution is 0.161. The first-order valence-electron chi connectivity index (χ1n) is 5.23. The second-order valence-corrected chi connectivity index (χ2v) is 3.76. The number of benzene rings is 1. The van der Waals surface area contributed by atoms with Gasteiger partial charge in [-0.25, -0.2) is 0 Å². The summed E-state index contributed by atoms with van der Waals surface area (Å²) in [6.07, 6.45) is 3.11. The summed E-state index contributed by atoms with van der Waals surface area (Å²) in [5.41, 5.74) is 3.76. The highest BCUT2D eigenvalue weighted by Gasteiger charge is 2.11. The molecule has 1 aliphatic rings. The molecule has 1 aromatic carbocycles. The Labute approximate surface area is 90.5 Å². The van der Waals surface area contributed by atoms with Crippen LogP contribution in [0.2, 0.25) is 0 Å². The lowest BCUT2D eigenvalue weighted by Gasteiger charge is -2.16. The van der Waals surface area contributed by atoms with Gasteiger partial charge in [0.15, 0.2) is 0 Å². The van der Waals surface area contributed by atoms with Gasteiger partial charge in [0.2, 0.25) is 0 Å². The molecular formula is C13H16O2. The summed E-state index contributed by atoms with van der Waals surface area (Å²) >= 11 is 0. The molecule has 1 aromatic rings. The van der Waals surface area contributed by atoms with Crippen molar-refractivity contribution in [3.8, 4) is 5.75 Å². The minimum absolute atomic E-state index is 0.715. The number of rotatable bonds is 2. The van der Waals surface area contributed by atoms with Crippen LogP contribution in [0.1, 0.15) is 17.5 Å². The molecule has 0 aromatic heterocycles. The van der Waals surface area contributed by atoms with Gasteiger partial charge in [0.1, 0.15) is 5.75 Å². The highest BCUT2D eigenvalue weighted by atomic mass is 16.5. The van der Waals surface area contributed by atoms with Crippen molar-refractivity contribution in [2.24, 2.45) is 0 Å². The normalized spacial score (nSPS) is 16.0. The fourth-order valence-electron chi connectivity index (χ4n) is 1.84. The zero-order valence-corrected chi connectivity index (χ0v) is 9.25. The van der Waals surface area contributed by atoms with E-state index in [2.05, 4.69) is 31.2 Å². The van der Waals surface area contributed by atoms with Crippen LogP contribution in [0, 0.1) is 6.92 Å². The summed E-state index contributed by atoms with van der Waals surface area (Å²) in [7, 11) is 1.72. The lowest BCUT2D eigenvalue weighted by atomic mass is 9.99. The maximum Gasteiger partial charge on any atom is 0.126 e. The molecule has 0 saturated carbocycles. The molecular weight excluding hydrogens is 188 g/mol. The van der Waals surface area contributed by atoms with Crippen molar-refractivity contribution in [3.63, 3.8) is 0 Å². The maximum atomic E-state index is 5.40. The number of aryl methyl sites for hydroxylation is 1. The smallest absolute Gasteiger partial charge is 0.126 e. The number of ether oxygens (including phenoxy) is 2. The van der Waals surface area contributed by atoms with Crippen molar-refractivity contribution in [2.75, 3.05) is 20.3 Å². The molecule has 0 aliphatic carbocycles. The molecule has 80 valence electrons. The molecule has 0 spiro atoms. The van der Waals surface area contributed by atoms with Crippen molar-refractivity contribution < 1.29 is 9.47 Å². The molecule has 0 fully saturated rings. The van der Waals surface area contributed by atoms with E-state index in [4.69, 9.17) is 9.47 Å². The van der Waals surface area contributed by atoms with E-state index in [9.17, 15) is 0 Å². The Morgan fingerprint density at radius 3 is 2.87 bits per heavy atom. The van der Waals surface area contributed by atoms with Crippen LogP contribution in [0.3, 0.4) is 0 Å². The molecule has 0 N–H and O–H groups in total. The van der Waals surface area contributed by atoms with Crippen LogP contribution in [0.4, 0.5) is 0 Å². The van der Waals surface area contributed by atoms with E-state index < -0.39 is 0 Å². The zero-order valence-electron chi connectivity index (χ0n) is 9.25. The number of hydrogen-bond acceptors (Lipinski definition) is 2. The van der Waals surface area contributed by atoms with Gasteiger partial charge < -0.3 is 9.47 Å². The van der Waals surface area contributed by atoms with Gasteiger partial charge in [0.25, 0.3) is 0 Å². The average molecular weight is 204 g/mol. The predicted octanol–water partition coefficient (Wildman–Crippen LogP) is 2.81. The Hall–Kier alpha value is -1.28. The molecule has 1 heterocycles. The van der Waals surface area contributed by atoms with E-state index in [-0.39, 0.29) is 0 Å². The molecule has 0 bridgehead atoms. The highest BCUT2D eigenvalue weighted by Crippen LogP contribution is 2.30. The van der Waals surface area contributed by atoms with E-state index in [0.29, 0.717) is 6.61 Å². The topological polar surface area (TPSA) is 18.5 Å². The van der Waals surface area contributed by atoms with Gasteiger partial charge in [-0.2, -0.15) is 0 Å². The summed E-state index contributed by atoms with van der Waals surface area (Å²) in [4.78, 5) is 0. The Kier molecular flexibility index (Phi) is 3.07. The zero-order chi connectivity index (χ0) is 10.7. The van der Waals surface area contributed by atoms with Gasteiger partial charge >= 0.3 is 0 Å². The quantitative estimate of drug-likeness (QED) is 0.737. The summed E-state index contributed by atoms with van der Waals surface area (Å²) < 4.78 is 10.7. The van der Waals surface area contributed by atoms with Gasteiger partial charge in [-0.15, -0.1) is 0 Å². The Morgan fingerprint density at radius 2 is 2.20 bits per heavy atom. The summed E-state index contributed by atoms with van der Waals surface area (Å²) in [6.45, 7) is 3.60.